The zero-order chi connectivity index (χ0) is 15.8. The first kappa shape index (κ1) is 18.7. The second kappa shape index (κ2) is 8.82. The Morgan fingerprint density at radius 2 is 1.80 bits per heavy atom. The third-order valence-corrected chi connectivity index (χ3v) is 3.19. The maximum absolute atomic E-state index is 11.6. The molecule has 0 aromatic rings. The minimum atomic E-state index is -0.576. The molecule has 1 N–H and O–H groups in total. The molecule has 2 atom stereocenters. The van der Waals surface area contributed by atoms with Crippen molar-refractivity contribution in [2.24, 2.45) is 11.3 Å². The van der Waals surface area contributed by atoms with Gasteiger partial charge in [-0.05, 0) is 24.7 Å². The van der Waals surface area contributed by atoms with Gasteiger partial charge < -0.3 is 14.8 Å². The van der Waals surface area contributed by atoms with Crippen LogP contribution in [0.4, 0.5) is 4.79 Å². The lowest BCUT2D eigenvalue weighted by Crippen LogP contribution is -2.36. The average Bonchev–Trinajstić information content (AvgIpc) is 2.33. The fraction of sp³-hybridized carbons (Fsp3) is 0.867. The largest absolute Gasteiger partial charge is 0.461 e. The Balaban J connectivity index is 3.87. The normalized spacial score (nSPS) is 14.3. The third-order valence-electron chi connectivity index (χ3n) is 3.19. The molecule has 0 aliphatic carbocycles. The fourth-order valence-corrected chi connectivity index (χ4v) is 1.41. The van der Waals surface area contributed by atoms with Crippen molar-refractivity contribution >= 4 is 12.1 Å². The summed E-state index contributed by atoms with van der Waals surface area (Å²) in [6, 6.07) is 0. The Bertz CT molecular complexity index is 309. The second-order valence-electron chi connectivity index (χ2n) is 6.34. The molecule has 0 bridgehead atoms. The molecule has 0 aliphatic rings. The molecule has 1 amide bonds. The summed E-state index contributed by atoms with van der Waals surface area (Å²) in [7, 11) is 0. The molecule has 0 saturated heterocycles. The third kappa shape index (κ3) is 8.77. The molecule has 2 unspecified atom stereocenters. The summed E-state index contributed by atoms with van der Waals surface area (Å²) in [5.74, 6) is -0.121. The maximum Gasteiger partial charge on any atom is 0.407 e. The highest BCUT2D eigenvalue weighted by atomic mass is 16.6. The molecule has 0 spiro atoms. The molecule has 20 heavy (non-hydrogen) atoms. The van der Waals surface area contributed by atoms with Crippen LogP contribution in [-0.2, 0) is 14.3 Å². The highest BCUT2D eigenvalue weighted by Crippen LogP contribution is 2.21. The van der Waals surface area contributed by atoms with Crippen molar-refractivity contribution < 1.29 is 19.1 Å². The van der Waals surface area contributed by atoms with Gasteiger partial charge in [-0.25, -0.2) is 4.79 Å². The molecular formula is C15H29NO4. The number of nitrogens with one attached hydrogen (secondary N) is 1. The summed E-state index contributed by atoms with van der Waals surface area (Å²) in [5.41, 5.74) is -0.119. The van der Waals surface area contributed by atoms with Crippen LogP contribution in [0, 0.1) is 11.3 Å². The van der Waals surface area contributed by atoms with Crippen LogP contribution < -0.4 is 5.32 Å². The number of carbonyl (C=O) groups excluding carboxylic acids is 2. The summed E-state index contributed by atoms with van der Waals surface area (Å²) in [5, 5.41) is 2.40. The number of esters is 1. The van der Waals surface area contributed by atoms with Crippen LogP contribution in [0.2, 0.25) is 0 Å². The van der Waals surface area contributed by atoms with Gasteiger partial charge >= 0.3 is 12.1 Å². The highest BCUT2D eigenvalue weighted by Gasteiger charge is 2.23. The molecule has 5 nitrogen and oxygen atoms in total. The van der Waals surface area contributed by atoms with Gasteiger partial charge in [0.1, 0.15) is 12.6 Å². The first-order chi connectivity index (χ1) is 9.16. The van der Waals surface area contributed by atoms with Gasteiger partial charge in [-0.1, -0.05) is 41.0 Å². The topological polar surface area (TPSA) is 64.6 Å². The van der Waals surface area contributed by atoms with E-state index < -0.39 is 12.1 Å². The van der Waals surface area contributed by atoms with E-state index in [-0.39, 0.29) is 18.1 Å². The van der Waals surface area contributed by atoms with Gasteiger partial charge in [0.15, 0.2) is 0 Å². The van der Waals surface area contributed by atoms with Gasteiger partial charge in [0.2, 0.25) is 0 Å². The summed E-state index contributed by atoms with van der Waals surface area (Å²) in [6.45, 7) is 12.1. The van der Waals surface area contributed by atoms with Crippen molar-refractivity contribution in [1.29, 1.82) is 0 Å². The zero-order valence-electron chi connectivity index (χ0n) is 13.6. The van der Waals surface area contributed by atoms with Crippen molar-refractivity contribution in [3.05, 3.63) is 0 Å². The van der Waals surface area contributed by atoms with E-state index in [0.717, 1.165) is 12.8 Å². The van der Waals surface area contributed by atoms with E-state index in [2.05, 4.69) is 12.2 Å². The molecule has 0 fully saturated rings. The van der Waals surface area contributed by atoms with Crippen LogP contribution in [-0.4, -0.2) is 31.3 Å². The van der Waals surface area contributed by atoms with Crippen LogP contribution in [0.3, 0.4) is 0 Å². The van der Waals surface area contributed by atoms with Crippen molar-refractivity contribution in [3.8, 4) is 0 Å². The van der Waals surface area contributed by atoms with E-state index in [1.807, 2.05) is 34.6 Å². The maximum atomic E-state index is 11.6. The van der Waals surface area contributed by atoms with Crippen LogP contribution in [0.25, 0.3) is 0 Å². The first-order valence-electron chi connectivity index (χ1n) is 7.26. The van der Waals surface area contributed by atoms with E-state index in [9.17, 15) is 9.59 Å². The predicted octanol–water partition coefficient (Wildman–Crippen LogP) is 3.13. The van der Waals surface area contributed by atoms with Gasteiger partial charge in [0.05, 0.1) is 6.61 Å². The Hall–Kier alpha value is -1.26. The molecule has 118 valence electrons. The van der Waals surface area contributed by atoms with Gasteiger partial charge in [0.25, 0.3) is 0 Å². The Labute approximate surface area is 122 Å². The number of carbonyl (C=O) groups is 2. The molecular weight excluding hydrogens is 258 g/mol. The smallest absolute Gasteiger partial charge is 0.407 e. The SMILES string of the molecule is CCCC(C)COC(=O)NCC(=O)OC(C)C(C)(C)C. The van der Waals surface area contributed by atoms with Crippen LogP contribution in [0.5, 0.6) is 0 Å². The van der Waals surface area contributed by atoms with Crippen LogP contribution in [0.15, 0.2) is 0 Å². The number of rotatable bonds is 7. The number of alkyl carbamates (subject to hydrolysis) is 1. The Kier molecular flexibility index (Phi) is 8.26. The van der Waals surface area contributed by atoms with Gasteiger partial charge in [-0.15, -0.1) is 0 Å². The monoisotopic (exact) mass is 287 g/mol. The highest BCUT2D eigenvalue weighted by molar-refractivity contribution is 5.77. The van der Waals surface area contributed by atoms with Gasteiger partial charge in [-0.2, -0.15) is 0 Å². The lowest BCUT2D eigenvalue weighted by molar-refractivity contribution is -0.152. The minimum Gasteiger partial charge on any atom is -0.461 e. The van der Waals surface area contributed by atoms with Crippen LogP contribution in [0.1, 0.15) is 54.4 Å². The number of ether oxygens (including phenoxy) is 2. The molecule has 0 aromatic heterocycles. The Morgan fingerprint density at radius 1 is 1.20 bits per heavy atom. The van der Waals surface area contributed by atoms with Crippen molar-refractivity contribution in [1.82, 2.24) is 5.32 Å². The summed E-state index contributed by atoms with van der Waals surface area (Å²) < 4.78 is 10.2. The first-order valence-corrected chi connectivity index (χ1v) is 7.26. The van der Waals surface area contributed by atoms with Gasteiger partial charge in [-0.3, -0.25) is 4.79 Å². The summed E-state index contributed by atoms with van der Waals surface area (Å²) in [4.78, 5) is 23.0. The molecule has 0 radical (unpaired) electrons. The average molecular weight is 287 g/mol. The molecule has 0 saturated carbocycles. The van der Waals surface area contributed by atoms with Crippen LogP contribution >= 0.6 is 0 Å². The molecule has 0 aliphatic heterocycles. The molecule has 0 heterocycles. The zero-order valence-corrected chi connectivity index (χ0v) is 13.6. The molecule has 5 heteroatoms. The Morgan fingerprint density at radius 3 is 2.30 bits per heavy atom. The van der Waals surface area contributed by atoms with E-state index in [1.54, 1.807) is 0 Å². The molecule has 0 aromatic carbocycles. The van der Waals surface area contributed by atoms with E-state index >= 15 is 0 Å². The van der Waals surface area contributed by atoms with E-state index in [4.69, 9.17) is 9.47 Å². The number of amides is 1. The standard InChI is InChI=1S/C15H29NO4/c1-7-8-11(2)10-19-14(18)16-9-13(17)20-12(3)15(4,5)6/h11-12H,7-10H2,1-6H3,(H,16,18). The van der Waals surface area contributed by atoms with E-state index in [0.29, 0.717) is 12.5 Å². The summed E-state index contributed by atoms with van der Waals surface area (Å²) >= 11 is 0. The predicted molar refractivity (Wildman–Crippen MR) is 78.4 cm³/mol. The summed E-state index contributed by atoms with van der Waals surface area (Å²) in [6.07, 6.45) is 1.28. The lowest BCUT2D eigenvalue weighted by Gasteiger charge is -2.26. The van der Waals surface area contributed by atoms with Crippen molar-refractivity contribution in [3.63, 3.8) is 0 Å². The minimum absolute atomic E-state index is 0.119. The quantitative estimate of drug-likeness (QED) is 0.731. The molecule has 0 rings (SSSR count). The lowest BCUT2D eigenvalue weighted by atomic mass is 9.90. The fourth-order valence-electron chi connectivity index (χ4n) is 1.41. The number of hydrogen-bond donors (Lipinski definition) is 1. The second-order valence-corrected chi connectivity index (χ2v) is 6.34. The van der Waals surface area contributed by atoms with E-state index in [1.165, 1.54) is 0 Å². The van der Waals surface area contributed by atoms with Gasteiger partial charge in [0, 0.05) is 0 Å². The number of hydrogen-bond acceptors (Lipinski definition) is 4. The van der Waals surface area contributed by atoms with Crippen molar-refractivity contribution in [2.45, 2.75) is 60.5 Å². The van der Waals surface area contributed by atoms with Crippen molar-refractivity contribution in [2.75, 3.05) is 13.2 Å².